The minimum atomic E-state index is -1.05. The molecule has 7 nitrogen and oxygen atoms in total. The molecule has 0 saturated carbocycles. The highest BCUT2D eigenvalue weighted by Gasteiger charge is 2.16. The molecule has 0 atom stereocenters. The van der Waals surface area contributed by atoms with E-state index in [4.69, 9.17) is 9.84 Å². The van der Waals surface area contributed by atoms with Crippen molar-refractivity contribution in [1.29, 1.82) is 0 Å². The minimum Gasteiger partial charge on any atom is -0.482 e. The molecule has 0 radical (unpaired) electrons. The van der Waals surface area contributed by atoms with Crippen LogP contribution >= 0.6 is 0 Å². The number of hydrogen-bond acceptors (Lipinski definition) is 5. The normalized spacial score (nSPS) is 10.5. The van der Waals surface area contributed by atoms with E-state index in [-0.39, 0.29) is 11.8 Å². The van der Waals surface area contributed by atoms with Crippen LogP contribution in [-0.2, 0) is 4.79 Å². The molecular formula is C17H19N3O4. The van der Waals surface area contributed by atoms with Gasteiger partial charge in [0.1, 0.15) is 12.1 Å². The van der Waals surface area contributed by atoms with Crippen molar-refractivity contribution in [2.24, 2.45) is 0 Å². The fourth-order valence-corrected chi connectivity index (χ4v) is 2.18. The summed E-state index contributed by atoms with van der Waals surface area (Å²) in [6, 6.07) is 4.95. The smallest absolute Gasteiger partial charge is 0.341 e. The predicted octanol–water partition coefficient (Wildman–Crippen LogP) is 2.62. The summed E-state index contributed by atoms with van der Waals surface area (Å²) >= 11 is 0. The number of carboxylic acids is 1. The van der Waals surface area contributed by atoms with Crippen molar-refractivity contribution >= 4 is 17.6 Å². The number of carbonyl (C=O) groups is 2. The molecule has 24 heavy (non-hydrogen) atoms. The van der Waals surface area contributed by atoms with Gasteiger partial charge in [0.25, 0.3) is 5.91 Å². The van der Waals surface area contributed by atoms with E-state index < -0.39 is 12.6 Å². The highest BCUT2D eigenvalue weighted by atomic mass is 16.5. The van der Waals surface area contributed by atoms with Gasteiger partial charge in [-0.2, -0.15) is 0 Å². The van der Waals surface area contributed by atoms with Gasteiger partial charge in [-0.25, -0.2) is 14.8 Å². The van der Waals surface area contributed by atoms with Gasteiger partial charge in [-0.1, -0.05) is 13.8 Å². The summed E-state index contributed by atoms with van der Waals surface area (Å²) in [6.45, 7) is 5.30. The van der Waals surface area contributed by atoms with Crippen molar-refractivity contribution < 1.29 is 19.4 Å². The van der Waals surface area contributed by atoms with Crippen LogP contribution in [0, 0.1) is 6.92 Å². The average molecular weight is 329 g/mol. The lowest BCUT2D eigenvalue weighted by Crippen LogP contribution is -2.17. The molecule has 0 spiro atoms. The number of carbonyl (C=O) groups excluding carboxylic acids is 1. The monoisotopic (exact) mass is 329 g/mol. The zero-order chi connectivity index (χ0) is 17.7. The summed E-state index contributed by atoms with van der Waals surface area (Å²) in [5, 5.41) is 11.4. The number of nitrogens with zero attached hydrogens (tertiary/aromatic N) is 2. The van der Waals surface area contributed by atoms with Crippen LogP contribution in [0.25, 0.3) is 0 Å². The van der Waals surface area contributed by atoms with E-state index in [1.165, 1.54) is 12.5 Å². The van der Waals surface area contributed by atoms with Gasteiger partial charge in [-0.05, 0) is 36.6 Å². The Bertz CT molecular complexity index is 759. The highest BCUT2D eigenvalue weighted by molar-refractivity contribution is 6.05. The molecule has 0 bridgehead atoms. The Kier molecular flexibility index (Phi) is 5.47. The van der Waals surface area contributed by atoms with E-state index in [0.29, 0.717) is 22.7 Å². The van der Waals surface area contributed by atoms with Gasteiger partial charge < -0.3 is 15.2 Å². The Hall–Kier alpha value is -2.96. The second-order valence-corrected chi connectivity index (χ2v) is 5.59. The van der Waals surface area contributed by atoms with E-state index in [2.05, 4.69) is 15.3 Å². The van der Waals surface area contributed by atoms with E-state index in [1.807, 2.05) is 13.8 Å². The predicted molar refractivity (Wildman–Crippen MR) is 88.4 cm³/mol. The first-order valence-electron chi connectivity index (χ1n) is 7.45. The molecule has 2 N–H and O–H groups in total. The summed E-state index contributed by atoms with van der Waals surface area (Å²) in [6.07, 6.45) is 2.92. The van der Waals surface area contributed by atoms with Crippen LogP contribution in [0.5, 0.6) is 5.75 Å². The van der Waals surface area contributed by atoms with Crippen LogP contribution in [-0.4, -0.2) is 33.6 Å². The van der Waals surface area contributed by atoms with Gasteiger partial charge >= 0.3 is 5.97 Å². The van der Waals surface area contributed by atoms with Crippen molar-refractivity contribution in [3.05, 3.63) is 47.5 Å². The van der Waals surface area contributed by atoms with Crippen LogP contribution in [0.15, 0.2) is 30.7 Å². The van der Waals surface area contributed by atoms with Crippen LogP contribution in [0.4, 0.5) is 5.69 Å². The fraction of sp³-hybridized carbons (Fsp3) is 0.294. The molecule has 0 aliphatic rings. The summed E-state index contributed by atoms with van der Waals surface area (Å²) in [5.74, 6) is -0.808. The molecule has 1 heterocycles. The Morgan fingerprint density at radius 3 is 2.71 bits per heavy atom. The van der Waals surface area contributed by atoms with Crippen LogP contribution < -0.4 is 10.1 Å². The van der Waals surface area contributed by atoms with Crippen molar-refractivity contribution in [2.75, 3.05) is 11.9 Å². The van der Waals surface area contributed by atoms with Gasteiger partial charge in [0.05, 0.1) is 11.3 Å². The quantitative estimate of drug-likeness (QED) is 0.845. The Morgan fingerprint density at radius 1 is 1.33 bits per heavy atom. The highest BCUT2D eigenvalue weighted by Crippen LogP contribution is 2.23. The number of ether oxygens (including phenoxy) is 1. The van der Waals surface area contributed by atoms with Gasteiger partial charge in [0.2, 0.25) is 0 Å². The topological polar surface area (TPSA) is 101 Å². The lowest BCUT2D eigenvalue weighted by Gasteiger charge is -2.13. The molecule has 2 rings (SSSR count). The van der Waals surface area contributed by atoms with Gasteiger partial charge in [0, 0.05) is 11.9 Å². The van der Waals surface area contributed by atoms with Gasteiger partial charge in [-0.3, -0.25) is 4.79 Å². The SMILES string of the molecule is Cc1cc(OCC(=O)O)ccc1NC(=O)c1cncnc1C(C)C. The first-order valence-corrected chi connectivity index (χ1v) is 7.45. The van der Waals surface area contributed by atoms with Crippen LogP contribution in [0.1, 0.15) is 41.4 Å². The number of carboxylic acid groups (broad SMARTS) is 1. The van der Waals surface area contributed by atoms with E-state index >= 15 is 0 Å². The van der Waals surface area contributed by atoms with E-state index in [9.17, 15) is 9.59 Å². The third-order valence-corrected chi connectivity index (χ3v) is 3.34. The largest absolute Gasteiger partial charge is 0.482 e. The maximum Gasteiger partial charge on any atom is 0.341 e. The Balaban J connectivity index is 2.16. The summed E-state index contributed by atoms with van der Waals surface area (Å²) in [7, 11) is 0. The summed E-state index contributed by atoms with van der Waals surface area (Å²) < 4.78 is 5.11. The second kappa shape index (κ2) is 7.54. The number of benzene rings is 1. The lowest BCUT2D eigenvalue weighted by atomic mass is 10.0. The maximum absolute atomic E-state index is 12.5. The first kappa shape index (κ1) is 17.4. The fourth-order valence-electron chi connectivity index (χ4n) is 2.18. The molecule has 7 heteroatoms. The molecule has 0 aliphatic carbocycles. The van der Waals surface area contributed by atoms with Crippen LogP contribution in [0.2, 0.25) is 0 Å². The summed E-state index contributed by atoms with van der Waals surface area (Å²) in [5.41, 5.74) is 2.48. The number of aromatic nitrogens is 2. The van der Waals surface area contributed by atoms with Crippen molar-refractivity contribution in [3.8, 4) is 5.75 Å². The number of amides is 1. The molecule has 126 valence electrons. The second-order valence-electron chi connectivity index (χ2n) is 5.59. The minimum absolute atomic E-state index is 0.0987. The summed E-state index contributed by atoms with van der Waals surface area (Å²) in [4.78, 5) is 31.1. The number of aryl methyl sites for hydroxylation is 1. The zero-order valence-electron chi connectivity index (χ0n) is 13.7. The lowest BCUT2D eigenvalue weighted by molar-refractivity contribution is -0.139. The van der Waals surface area contributed by atoms with E-state index in [0.717, 1.165) is 5.56 Å². The number of aliphatic carboxylic acids is 1. The molecular weight excluding hydrogens is 310 g/mol. The van der Waals surface area contributed by atoms with Crippen molar-refractivity contribution in [3.63, 3.8) is 0 Å². The number of hydrogen-bond donors (Lipinski definition) is 2. The molecule has 1 aromatic heterocycles. The number of anilines is 1. The van der Waals surface area contributed by atoms with E-state index in [1.54, 1.807) is 25.1 Å². The standard InChI is InChI=1S/C17H19N3O4/c1-10(2)16-13(7-18-9-19-16)17(23)20-14-5-4-12(6-11(14)3)24-8-15(21)22/h4-7,9-10H,8H2,1-3H3,(H,20,23)(H,21,22). The number of nitrogens with one attached hydrogen (secondary N) is 1. The molecule has 1 aromatic carbocycles. The molecule has 1 amide bonds. The Morgan fingerprint density at radius 2 is 2.08 bits per heavy atom. The van der Waals surface area contributed by atoms with Crippen molar-refractivity contribution in [1.82, 2.24) is 9.97 Å². The third kappa shape index (κ3) is 4.28. The van der Waals surface area contributed by atoms with Gasteiger partial charge in [0.15, 0.2) is 6.61 Å². The first-order chi connectivity index (χ1) is 11.4. The van der Waals surface area contributed by atoms with Crippen LogP contribution in [0.3, 0.4) is 0 Å². The molecule has 0 saturated heterocycles. The van der Waals surface area contributed by atoms with Crippen molar-refractivity contribution in [2.45, 2.75) is 26.7 Å². The molecule has 2 aromatic rings. The Labute approximate surface area is 139 Å². The third-order valence-electron chi connectivity index (χ3n) is 3.34. The maximum atomic E-state index is 12.5. The molecule has 0 fully saturated rings. The molecule has 0 aliphatic heterocycles. The average Bonchev–Trinajstić information content (AvgIpc) is 2.55. The molecule has 0 unspecified atom stereocenters. The zero-order valence-corrected chi connectivity index (χ0v) is 13.7. The number of rotatable bonds is 6. The van der Waals surface area contributed by atoms with Gasteiger partial charge in [-0.15, -0.1) is 0 Å².